The molecule has 3 N–H and O–H groups in total. The molecule has 0 saturated carbocycles. The van der Waals surface area contributed by atoms with Crippen LogP contribution in [0.4, 0.5) is 21.1 Å². The lowest BCUT2D eigenvalue weighted by Gasteiger charge is -2.35. The molecule has 3 aromatic carbocycles. The fraction of sp³-hybridized carbons (Fsp3) is 0.303. The second-order valence-corrected chi connectivity index (χ2v) is 12.7. The third-order valence-electron chi connectivity index (χ3n) is 7.78. The average molecular weight is 646 g/mol. The topological polar surface area (TPSA) is 152 Å². The average Bonchev–Trinajstić information content (AvgIpc) is 3.60. The molecule has 0 bridgehead atoms. The van der Waals surface area contributed by atoms with Crippen molar-refractivity contribution in [2.24, 2.45) is 0 Å². The highest BCUT2D eigenvalue weighted by Crippen LogP contribution is 2.44. The number of hydrogen-bond acceptors (Lipinski definition) is 8. The molecule has 1 fully saturated rings. The summed E-state index contributed by atoms with van der Waals surface area (Å²) in [5.41, 5.74) is 0.847. The summed E-state index contributed by atoms with van der Waals surface area (Å²) in [5.74, 6) is -0.678. The van der Waals surface area contributed by atoms with Crippen LogP contribution in [-0.4, -0.2) is 58.8 Å². The van der Waals surface area contributed by atoms with E-state index >= 15 is 0 Å². The molecule has 1 spiro atoms. The van der Waals surface area contributed by atoms with Crippen LogP contribution in [0.25, 0.3) is 11.0 Å². The van der Waals surface area contributed by atoms with E-state index in [-0.39, 0.29) is 35.8 Å². The van der Waals surface area contributed by atoms with Gasteiger partial charge < -0.3 is 24.2 Å². The van der Waals surface area contributed by atoms with Crippen molar-refractivity contribution in [1.82, 2.24) is 15.4 Å². The minimum absolute atomic E-state index is 0.102. The predicted octanol–water partition coefficient (Wildman–Crippen LogP) is 5.86. The number of ether oxygens (including phenoxy) is 2. The van der Waals surface area contributed by atoms with Crippen LogP contribution in [0, 0.1) is 0 Å². The first-order chi connectivity index (χ1) is 21.9. The Morgan fingerprint density at radius 1 is 1.11 bits per heavy atom. The lowest BCUT2D eigenvalue weighted by atomic mass is 9.90. The van der Waals surface area contributed by atoms with Crippen LogP contribution >= 0.6 is 11.6 Å². The lowest BCUT2D eigenvalue weighted by Crippen LogP contribution is -2.50. The number of nitrogens with zero attached hydrogens (tertiary/aromatic N) is 2. The van der Waals surface area contributed by atoms with Crippen LogP contribution in [0.3, 0.4) is 0 Å². The van der Waals surface area contributed by atoms with Crippen molar-refractivity contribution >= 4 is 58.1 Å². The molecular weight excluding hydrogens is 614 g/mol. The number of halogens is 1. The van der Waals surface area contributed by atoms with Crippen LogP contribution in [-0.2, 0) is 26.3 Å². The largest absolute Gasteiger partial charge is 0.444 e. The van der Waals surface area contributed by atoms with Crippen LogP contribution in [0.1, 0.15) is 48.7 Å². The van der Waals surface area contributed by atoms with E-state index in [0.717, 1.165) is 5.56 Å². The summed E-state index contributed by atoms with van der Waals surface area (Å²) in [6.45, 7) is 5.63. The van der Waals surface area contributed by atoms with Crippen molar-refractivity contribution in [3.05, 3.63) is 88.4 Å². The Labute approximate surface area is 269 Å². The molecule has 238 valence electrons. The van der Waals surface area contributed by atoms with E-state index in [0.29, 0.717) is 34.6 Å². The van der Waals surface area contributed by atoms with Crippen molar-refractivity contribution in [2.75, 3.05) is 23.7 Å². The quantitative estimate of drug-likeness (QED) is 0.236. The van der Waals surface area contributed by atoms with E-state index in [2.05, 4.69) is 21.1 Å². The zero-order valence-electron chi connectivity index (χ0n) is 25.4. The number of benzene rings is 3. The molecule has 0 aliphatic carbocycles. The first-order valence-electron chi connectivity index (χ1n) is 14.7. The second-order valence-electron chi connectivity index (χ2n) is 12.3. The monoisotopic (exact) mass is 645 g/mol. The van der Waals surface area contributed by atoms with Gasteiger partial charge in [0.2, 0.25) is 5.91 Å². The van der Waals surface area contributed by atoms with Crippen LogP contribution in [0.2, 0.25) is 5.02 Å². The molecule has 0 radical (unpaired) electrons. The molecule has 2 aliphatic rings. The van der Waals surface area contributed by atoms with Gasteiger partial charge in [-0.05, 0) is 62.7 Å². The van der Waals surface area contributed by atoms with Gasteiger partial charge in [-0.2, -0.15) is 0 Å². The second kappa shape index (κ2) is 12.0. The molecule has 2 aliphatic heterocycles. The van der Waals surface area contributed by atoms with Gasteiger partial charge in [-0.3, -0.25) is 20.2 Å². The molecule has 6 rings (SSSR count). The van der Waals surface area contributed by atoms with Gasteiger partial charge in [0.25, 0.3) is 5.91 Å². The number of rotatable bonds is 6. The highest BCUT2D eigenvalue weighted by molar-refractivity contribution is 6.30. The SMILES string of the molecule is CC(C)(C)OC(=O)Nc1noc2cc(C(=O)N[C@@H](Cc3ccccc3)C(=O)N3CC[C@@]4(C3)OC(=O)Nc3ccc(Cl)cc34)ccc12. The van der Waals surface area contributed by atoms with Gasteiger partial charge in [-0.1, -0.05) is 47.1 Å². The summed E-state index contributed by atoms with van der Waals surface area (Å²) in [6.07, 6.45) is -0.701. The number of aromatic nitrogens is 1. The maximum Gasteiger partial charge on any atom is 0.413 e. The molecule has 12 nitrogen and oxygen atoms in total. The predicted molar refractivity (Wildman–Crippen MR) is 170 cm³/mol. The van der Waals surface area contributed by atoms with Gasteiger partial charge in [0.15, 0.2) is 17.0 Å². The molecule has 46 heavy (non-hydrogen) atoms. The molecule has 1 saturated heterocycles. The Morgan fingerprint density at radius 2 is 1.89 bits per heavy atom. The number of carbonyl (C=O) groups is 4. The Balaban J connectivity index is 1.22. The van der Waals surface area contributed by atoms with Crippen molar-refractivity contribution in [1.29, 1.82) is 0 Å². The van der Waals surface area contributed by atoms with E-state index in [4.69, 9.17) is 25.6 Å². The Hall–Kier alpha value is -5.10. The molecule has 1 aromatic heterocycles. The number of nitrogens with one attached hydrogen (secondary N) is 3. The Bertz CT molecular complexity index is 1840. The molecular formula is C33H32ClN5O7. The number of likely N-dealkylation sites (tertiary alicyclic amines) is 1. The van der Waals surface area contributed by atoms with Gasteiger partial charge in [0, 0.05) is 35.5 Å². The summed E-state index contributed by atoms with van der Waals surface area (Å²) in [5, 5.41) is 13.0. The third kappa shape index (κ3) is 6.47. The maximum atomic E-state index is 14.1. The van der Waals surface area contributed by atoms with E-state index in [9.17, 15) is 19.2 Å². The summed E-state index contributed by atoms with van der Waals surface area (Å²) in [4.78, 5) is 53.9. The first kappa shape index (κ1) is 30.9. The highest BCUT2D eigenvalue weighted by Gasteiger charge is 2.49. The standard InChI is InChI=1S/C33H32ClN5O7/c1-32(2,3)44-31(43)37-27-22-11-9-20(16-26(22)46-38-27)28(40)35-25(15-19-7-5-4-6-8-19)29(41)39-14-13-33(18-39)23-17-21(34)10-12-24(23)36-30(42)45-33/h4-12,16-17,25H,13-15,18H2,1-3H3,(H,35,40)(H,36,42)(H,37,38,43)/t25-,33-/m0/s1. The number of fused-ring (bicyclic) bond motifs is 3. The maximum absolute atomic E-state index is 14.1. The molecule has 4 aromatic rings. The highest BCUT2D eigenvalue weighted by atomic mass is 35.5. The van der Waals surface area contributed by atoms with Crippen LogP contribution in [0.15, 0.2) is 71.3 Å². The van der Waals surface area contributed by atoms with Gasteiger partial charge >= 0.3 is 12.2 Å². The fourth-order valence-electron chi connectivity index (χ4n) is 5.72. The normalized spacial score (nSPS) is 18.0. The lowest BCUT2D eigenvalue weighted by molar-refractivity contribution is -0.133. The van der Waals surface area contributed by atoms with Crippen molar-refractivity contribution in [3.63, 3.8) is 0 Å². The summed E-state index contributed by atoms with van der Waals surface area (Å²) < 4.78 is 16.5. The molecule has 2 atom stereocenters. The number of anilines is 2. The van der Waals surface area contributed by atoms with Crippen molar-refractivity contribution < 1.29 is 33.2 Å². The number of amides is 4. The summed E-state index contributed by atoms with van der Waals surface area (Å²) in [7, 11) is 0. The van der Waals surface area contributed by atoms with E-state index < -0.39 is 35.3 Å². The number of hydrogen-bond donors (Lipinski definition) is 3. The fourth-order valence-corrected chi connectivity index (χ4v) is 5.90. The Kier molecular flexibility index (Phi) is 8.07. The van der Waals surface area contributed by atoms with Crippen LogP contribution in [0.5, 0.6) is 0 Å². The molecule has 3 heterocycles. The zero-order valence-corrected chi connectivity index (χ0v) is 26.1. The van der Waals surface area contributed by atoms with Gasteiger partial charge in [-0.15, -0.1) is 0 Å². The minimum Gasteiger partial charge on any atom is -0.444 e. The molecule has 13 heteroatoms. The third-order valence-corrected chi connectivity index (χ3v) is 8.02. The Morgan fingerprint density at radius 3 is 2.65 bits per heavy atom. The van der Waals surface area contributed by atoms with Gasteiger partial charge in [0.1, 0.15) is 11.6 Å². The number of carbonyl (C=O) groups excluding carboxylic acids is 4. The first-order valence-corrected chi connectivity index (χ1v) is 15.1. The van der Waals surface area contributed by atoms with Crippen molar-refractivity contribution in [3.8, 4) is 0 Å². The van der Waals surface area contributed by atoms with Crippen molar-refractivity contribution in [2.45, 2.75) is 50.9 Å². The van der Waals surface area contributed by atoms with Gasteiger partial charge in [0.05, 0.1) is 17.6 Å². The smallest absolute Gasteiger partial charge is 0.413 e. The summed E-state index contributed by atoms with van der Waals surface area (Å²) >= 11 is 6.28. The zero-order chi connectivity index (χ0) is 32.6. The molecule has 0 unspecified atom stereocenters. The van der Waals surface area contributed by atoms with E-state index in [1.165, 1.54) is 6.07 Å². The van der Waals surface area contributed by atoms with E-state index in [1.807, 2.05) is 30.3 Å². The minimum atomic E-state index is -1.07. The molecule has 4 amide bonds. The van der Waals surface area contributed by atoms with Crippen LogP contribution < -0.4 is 16.0 Å². The van der Waals surface area contributed by atoms with Gasteiger partial charge in [-0.25, -0.2) is 9.59 Å². The summed E-state index contributed by atoms with van der Waals surface area (Å²) in [6, 6.07) is 18.2. The van der Waals surface area contributed by atoms with E-state index in [1.54, 1.807) is 56.0 Å².